The van der Waals surface area contributed by atoms with Crippen molar-refractivity contribution in [3.05, 3.63) is 47.7 Å². The summed E-state index contributed by atoms with van der Waals surface area (Å²) in [5, 5.41) is 8.89. The second-order valence-corrected chi connectivity index (χ2v) is 3.19. The second-order valence-electron chi connectivity index (χ2n) is 3.19. The van der Waals surface area contributed by atoms with Crippen molar-refractivity contribution in [2.45, 2.75) is 6.92 Å². The second kappa shape index (κ2) is 3.39. The first kappa shape index (κ1) is 8.58. The van der Waals surface area contributed by atoms with E-state index < -0.39 is 0 Å². The third-order valence-electron chi connectivity index (χ3n) is 2.28. The average molecular weight is 182 g/mol. The summed E-state index contributed by atoms with van der Waals surface area (Å²) >= 11 is 0. The molecule has 0 bridgehead atoms. The highest BCUT2D eigenvalue weighted by Crippen LogP contribution is 2.24. The third kappa shape index (κ3) is 1.29. The zero-order chi connectivity index (χ0) is 9.97. The molecule has 0 aliphatic rings. The highest BCUT2D eigenvalue weighted by molar-refractivity contribution is 5.69. The average Bonchev–Trinajstić information content (AvgIpc) is 2.66. The van der Waals surface area contributed by atoms with Crippen LogP contribution in [-0.2, 0) is 0 Å². The van der Waals surface area contributed by atoms with Crippen molar-refractivity contribution in [3.8, 4) is 17.3 Å². The molecule has 0 saturated carbocycles. The highest BCUT2D eigenvalue weighted by atomic mass is 14.7. The molecule has 68 valence electrons. The number of aromatic amines is 1. The Kier molecular flexibility index (Phi) is 2.08. The summed E-state index contributed by atoms with van der Waals surface area (Å²) < 4.78 is 0. The molecule has 0 spiro atoms. The van der Waals surface area contributed by atoms with Gasteiger partial charge in [-0.3, -0.25) is 0 Å². The Balaban J connectivity index is 2.62. The van der Waals surface area contributed by atoms with Gasteiger partial charge in [0.25, 0.3) is 0 Å². The van der Waals surface area contributed by atoms with Crippen LogP contribution in [0.25, 0.3) is 11.3 Å². The van der Waals surface area contributed by atoms with Gasteiger partial charge < -0.3 is 4.98 Å². The number of hydrogen-bond donors (Lipinski definition) is 1. The van der Waals surface area contributed by atoms with E-state index >= 15 is 0 Å². The molecule has 0 aliphatic heterocycles. The summed E-state index contributed by atoms with van der Waals surface area (Å²) in [6.07, 6.45) is 1.79. The number of H-pyrrole nitrogens is 1. The summed E-state index contributed by atoms with van der Waals surface area (Å²) in [5.74, 6) is 0. The van der Waals surface area contributed by atoms with E-state index in [1.54, 1.807) is 12.3 Å². The molecule has 0 aliphatic carbocycles. The molecule has 0 fully saturated rings. The lowest BCUT2D eigenvalue weighted by molar-refractivity contribution is 1.36. The molecule has 0 unspecified atom stereocenters. The molecule has 14 heavy (non-hydrogen) atoms. The van der Waals surface area contributed by atoms with Crippen LogP contribution in [0.4, 0.5) is 0 Å². The minimum Gasteiger partial charge on any atom is -0.360 e. The van der Waals surface area contributed by atoms with Crippen molar-refractivity contribution in [3.63, 3.8) is 0 Å². The summed E-state index contributed by atoms with van der Waals surface area (Å²) in [4.78, 5) is 3.09. The Morgan fingerprint density at radius 2 is 2.00 bits per heavy atom. The molecule has 1 aromatic heterocycles. The number of nitrogens with one attached hydrogen (secondary N) is 1. The van der Waals surface area contributed by atoms with Gasteiger partial charge in [0, 0.05) is 11.8 Å². The van der Waals surface area contributed by atoms with Gasteiger partial charge in [-0.25, -0.2) is 0 Å². The van der Waals surface area contributed by atoms with Gasteiger partial charge in [-0.2, -0.15) is 5.26 Å². The Morgan fingerprint density at radius 3 is 2.71 bits per heavy atom. The fourth-order valence-corrected chi connectivity index (χ4v) is 1.54. The van der Waals surface area contributed by atoms with E-state index in [2.05, 4.69) is 11.1 Å². The standard InChI is InChI=1S/C12H10N2/c1-9-4-2-3-5-11(9)12-10(8-13)6-7-14-12/h2-7,14H,1H3. The molecule has 2 heteroatoms. The van der Waals surface area contributed by atoms with E-state index in [0.717, 1.165) is 11.3 Å². The maximum Gasteiger partial charge on any atom is 0.101 e. The van der Waals surface area contributed by atoms with Gasteiger partial charge in [-0.05, 0) is 18.6 Å². The lowest BCUT2D eigenvalue weighted by Crippen LogP contribution is -1.84. The van der Waals surface area contributed by atoms with Gasteiger partial charge >= 0.3 is 0 Å². The van der Waals surface area contributed by atoms with Crippen LogP contribution in [0.2, 0.25) is 0 Å². The van der Waals surface area contributed by atoms with Gasteiger partial charge in [0.05, 0.1) is 11.3 Å². The van der Waals surface area contributed by atoms with Crippen LogP contribution in [0.5, 0.6) is 0 Å². The number of aryl methyl sites for hydroxylation is 1. The maximum absolute atomic E-state index is 8.89. The van der Waals surface area contributed by atoms with Gasteiger partial charge in [-0.1, -0.05) is 24.3 Å². The predicted octanol–water partition coefficient (Wildman–Crippen LogP) is 2.86. The van der Waals surface area contributed by atoms with Crippen LogP contribution in [0, 0.1) is 18.3 Å². The van der Waals surface area contributed by atoms with Crippen LogP contribution in [0.3, 0.4) is 0 Å². The van der Waals surface area contributed by atoms with Crippen LogP contribution < -0.4 is 0 Å². The van der Waals surface area contributed by atoms with E-state index in [9.17, 15) is 0 Å². The minimum absolute atomic E-state index is 0.694. The van der Waals surface area contributed by atoms with Crippen molar-refractivity contribution in [1.29, 1.82) is 5.26 Å². The highest BCUT2D eigenvalue weighted by Gasteiger charge is 2.06. The smallest absolute Gasteiger partial charge is 0.101 e. The SMILES string of the molecule is Cc1ccccc1-c1[nH]ccc1C#N. The van der Waals surface area contributed by atoms with Gasteiger partial charge in [0.2, 0.25) is 0 Å². The van der Waals surface area contributed by atoms with Gasteiger partial charge in [0.1, 0.15) is 6.07 Å². The lowest BCUT2D eigenvalue weighted by atomic mass is 10.0. The topological polar surface area (TPSA) is 39.6 Å². The normalized spacial score (nSPS) is 9.71. The van der Waals surface area contributed by atoms with Crippen molar-refractivity contribution < 1.29 is 0 Å². The number of rotatable bonds is 1. The van der Waals surface area contributed by atoms with Gasteiger partial charge in [0.15, 0.2) is 0 Å². The summed E-state index contributed by atoms with van der Waals surface area (Å²) in [7, 11) is 0. The van der Waals surface area contributed by atoms with E-state index in [0.29, 0.717) is 5.56 Å². The van der Waals surface area contributed by atoms with Gasteiger partial charge in [-0.15, -0.1) is 0 Å². The van der Waals surface area contributed by atoms with Crippen LogP contribution >= 0.6 is 0 Å². The largest absolute Gasteiger partial charge is 0.360 e. The first-order valence-electron chi connectivity index (χ1n) is 4.46. The molecular formula is C12H10N2. The van der Waals surface area contributed by atoms with E-state index in [1.807, 2.05) is 31.2 Å². The van der Waals surface area contributed by atoms with E-state index in [-0.39, 0.29) is 0 Å². The lowest BCUT2D eigenvalue weighted by Gasteiger charge is -2.02. The predicted molar refractivity (Wildman–Crippen MR) is 55.7 cm³/mol. The molecule has 0 radical (unpaired) electrons. The molecule has 0 saturated heterocycles. The fraction of sp³-hybridized carbons (Fsp3) is 0.0833. The molecule has 1 aromatic carbocycles. The Hall–Kier alpha value is -2.01. The summed E-state index contributed by atoms with van der Waals surface area (Å²) in [6.45, 7) is 2.04. The molecule has 0 amide bonds. The van der Waals surface area contributed by atoms with Crippen LogP contribution in [0.15, 0.2) is 36.5 Å². The number of aromatic nitrogens is 1. The monoisotopic (exact) mass is 182 g/mol. The number of nitrogens with zero attached hydrogens (tertiary/aromatic N) is 1. The van der Waals surface area contributed by atoms with E-state index in [4.69, 9.17) is 5.26 Å². The summed E-state index contributed by atoms with van der Waals surface area (Å²) in [5.41, 5.74) is 3.87. The van der Waals surface area contributed by atoms with Crippen LogP contribution in [0.1, 0.15) is 11.1 Å². The zero-order valence-corrected chi connectivity index (χ0v) is 7.91. The Labute approximate surface area is 82.8 Å². The molecule has 2 nitrogen and oxygen atoms in total. The zero-order valence-electron chi connectivity index (χ0n) is 7.91. The van der Waals surface area contributed by atoms with Crippen molar-refractivity contribution in [2.24, 2.45) is 0 Å². The third-order valence-corrected chi connectivity index (χ3v) is 2.28. The van der Waals surface area contributed by atoms with Crippen LogP contribution in [-0.4, -0.2) is 4.98 Å². The van der Waals surface area contributed by atoms with Crippen molar-refractivity contribution in [2.75, 3.05) is 0 Å². The number of hydrogen-bond acceptors (Lipinski definition) is 1. The first-order valence-corrected chi connectivity index (χ1v) is 4.46. The first-order chi connectivity index (χ1) is 6.83. The minimum atomic E-state index is 0.694. The van der Waals surface area contributed by atoms with Crippen molar-refractivity contribution in [1.82, 2.24) is 4.98 Å². The molecule has 1 heterocycles. The van der Waals surface area contributed by atoms with Crippen molar-refractivity contribution >= 4 is 0 Å². The molecule has 2 aromatic rings. The number of nitriles is 1. The maximum atomic E-state index is 8.89. The quantitative estimate of drug-likeness (QED) is 0.723. The molecule has 1 N–H and O–H groups in total. The Bertz CT molecular complexity index is 489. The summed E-state index contributed by atoms with van der Waals surface area (Å²) in [6, 6.07) is 12.0. The molecule has 0 atom stereocenters. The fourth-order valence-electron chi connectivity index (χ4n) is 1.54. The number of benzene rings is 1. The van der Waals surface area contributed by atoms with E-state index in [1.165, 1.54) is 5.56 Å². The molecular weight excluding hydrogens is 172 g/mol. The Morgan fingerprint density at radius 1 is 1.21 bits per heavy atom. The molecule has 2 rings (SSSR count).